The Morgan fingerprint density at radius 3 is 0.735 bits per heavy atom. The minimum atomic E-state index is -0.806. The molecule has 0 aliphatic rings. The highest BCUT2D eigenvalue weighted by atomic mass is 16.6. The summed E-state index contributed by atoms with van der Waals surface area (Å²) in [5, 5.41) is 0. The van der Waals surface area contributed by atoms with Crippen molar-refractivity contribution in [2.24, 2.45) is 0 Å². The Hall–Kier alpha value is -5.23. The Balaban J connectivity index is 4.41. The average Bonchev–Trinajstić information content (AvgIpc) is 3.49. The zero-order chi connectivity index (χ0) is 59.9. The van der Waals surface area contributed by atoms with Crippen molar-refractivity contribution in [1.82, 2.24) is 0 Å². The van der Waals surface area contributed by atoms with E-state index in [9.17, 15) is 14.4 Å². The fourth-order valence-electron chi connectivity index (χ4n) is 8.72. The van der Waals surface area contributed by atoms with Gasteiger partial charge in [0.15, 0.2) is 6.10 Å². The number of unbranched alkanes of at least 4 members (excludes halogenated alkanes) is 20. The van der Waals surface area contributed by atoms with Crippen LogP contribution in [0.5, 0.6) is 0 Å². The van der Waals surface area contributed by atoms with Crippen LogP contribution in [0.1, 0.15) is 278 Å². The number of carbonyl (C=O) groups is 3. The maximum absolute atomic E-state index is 12.9. The van der Waals surface area contributed by atoms with Crippen molar-refractivity contribution in [2.45, 2.75) is 284 Å². The molecule has 0 aromatic rings. The highest BCUT2D eigenvalue weighted by Gasteiger charge is 2.19. The second kappa shape index (κ2) is 69.3. The van der Waals surface area contributed by atoms with E-state index in [1.165, 1.54) is 51.4 Å². The molecule has 0 fully saturated rings. The Kier molecular flexibility index (Phi) is 64.9. The van der Waals surface area contributed by atoms with Gasteiger partial charge >= 0.3 is 17.9 Å². The van der Waals surface area contributed by atoms with Gasteiger partial charge in [-0.2, -0.15) is 0 Å². The molecule has 0 aromatic carbocycles. The van der Waals surface area contributed by atoms with E-state index in [0.29, 0.717) is 19.3 Å². The maximum Gasteiger partial charge on any atom is 0.306 e. The smallest absolute Gasteiger partial charge is 0.306 e. The molecule has 0 aliphatic carbocycles. The van der Waals surface area contributed by atoms with Crippen molar-refractivity contribution >= 4 is 17.9 Å². The molecule has 0 aliphatic heterocycles. The van der Waals surface area contributed by atoms with Gasteiger partial charge in [0, 0.05) is 19.3 Å². The average molecular weight is 1140 g/mol. The second-order valence-corrected chi connectivity index (χ2v) is 21.6. The summed E-state index contributed by atoms with van der Waals surface area (Å²) in [6.45, 7) is 6.32. The molecule has 0 heterocycles. The van der Waals surface area contributed by atoms with Gasteiger partial charge in [-0.25, -0.2) is 0 Å². The van der Waals surface area contributed by atoms with Crippen molar-refractivity contribution in [2.75, 3.05) is 13.2 Å². The zero-order valence-electron chi connectivity index (χ0n) is 53.4. The summed E-state index contributed by atoms with van der Waals surface area (Å²) in [6, 6.07) is 0. The van der Waals surface area contributed by atoms with Crippen molar-refractivity contribution in [3.05, 3.63) is 170 Å². The predicted molar refractivity (Wildman–Crippen MR) is 361 cm³/mol. The molecule has 1 atom stereocenters. The Labute approximate surface area is 511 Å². The predicted octanol–water partition coefficient (Wildman–Crippen LogP) is 23.4. The van der Waals surface area contributed by atoms with Crippen LogP contribution in [0.15, 0.2) is 170 Å². The molecule has 0 spiro atoms. The lowest BCUT2D eigenvalue weighted by molar-refractivity contribution is -0.167. The van der Waals surface area contributed by atoms with E-state index in [1.54, 1.807) is 0 Å². The minimum absolute atomic E-state index is 0.101. The lowest BCUT2D eigenvalue weighted by Crippen LogP contribution is -2.30. The minimum Gasteiger partial charge on any atom is -0.462 e. The number of allylic oxidation sites excluding steroid dienone is 28. The summed E-state index contributed by atoms with van der Waals surface area (Å²) in [5.41, 5.74) is 0. The molecule has 6 nitrogen and oxygen atoms in total. The summed E-state index contributed by atoms with van der Waals surface area (Å²) in [4.78, 5) is 38.4. The van der Waals surface area contributed by atoms with Crippen LogP contribution in [0, 0.1) is 0 Å². The SMILES string of the molecule is CC/C=C\C/C=C\C/C=C\C/C=C\C/C=C\C/C=C\CCCCCCCCCCC(=O)OCC(COC(=O)CCCCCCC/C=C\C/C=C\CCC)OC(=O)CCCCCCCC/C=C\C/C=C\C/C=C\C/C=C\C/C=C\C/C=C\CC. The molecule has 0 radical (unpaired) electrons. The third-order valence-electron chi connectivity index (χ3n) is 13.7. The van der Waals surface area contributed by atoms with Crippen LogP contribution in [0.3, 0.4) is 0 Å². The fourth-order valence-corrected chi connectivity index (χ4v) is 8.72. The summed E-state index contributed by atoms with van der Waals surface area (Å²) >= 11 is 0. The summed E-state index contributed by atoms with van der Waals surface area (Å²) < 4.78 is 16.9. The molecule has 0 aromatic heterocycles. The molecule has 0 rings (SSSR count). The maximum atomic E-state index is 12.9. The van der Waals surface area contributed by atoms with Crippen molar-refractivity contribution in [3.8, 4) is 0 Å². The van der Waals surface area contributed by atoms with E-state index in [-0.39, 0.29) is 31.1 Å². The Morgan fingerprint density at radius 2 is 0.470 bits per heavy atom. The first-order valence-corrected chi connectivity index (χ1v) is 33.6. The normalized spacial score (nSPS) is 13.2. The zero-order valence-corrected chi connectivity index (χ0v) is 53.4. The fraction of sp³-hybridized carbons (Fsp3) is 0.597. The first-order valence-electron chi connectivity index (χ1n) is 33.6. The highest BCUT2D eigenvalue weighted by molar-refractivity contribution is 5.71. The summed E-state index contributed by atoms with van der Waals surface area (Å²) in [5.74, 6) is -0.940. The lowest BCUT2D eigenvalue weighted by atomic mass is 10.1. The van der Waals surface area contributed by atoms with Gasteiger partial charge in [-0.1, -0.05) is 281 Å². The van der Waals surface area contributed by atoms with Crippen LogP contribution in [0.2, 0.25) is 0 Å². The molecule has 0 saturated heterocycles. The molecule has 1 unspecified atom stereocenters. The molecule has 0 N–H and O–H groups in total. The quantitative estimate of drug-likeness (QED) is 0.0261. The third kappa shape index (κ3) is 67.4. The molecule has 0 bridgehead atoms. The van der Waals surface area contributed by atoms with Gasteiger partial charge in [-0.05, 0) is 148 Å². The Morgan fingerprint density at radius 1 is 0.253 bits per heavy atom. The summed E-state index contributed by atoms with van der Waals surface area (Å²) in [6.07, 6.45) is 102. The van der Waals surface area contributed by atoms with Gasteiger partial charge in [0.2, 0.25) is 0 Å². The second-order valence-electron chi connectivity index (χ2n) is 21.6. The monoisotopic (exact) mass is 1140 g/mol. The van der Waals surface area contributed by atoms with Gasteiger partial charge in [-0.3, -0.25) is 14.4 Å². The van der Waals surface area contributed by atoms with Crippen LogP contribution in [0.4, 0.5) is 0 Å². The van der Waals surface area contributed by atoms with Crippen molar-refractivity contribution in [1.29, 1.82) is 0 Å². The van der Waals surface area contributed by atoms with Crippen molar-refractivity contribution in [3.63, 3.8) is 0 Å². The number of carbonyl (C=O) groups excluding carboxylic acids is 3. The first-order chi connectivity index (χ1) is 41.0. The van der Waals surface area contributed by atoms with E-state index in [0.717, 1.165) is 186 Å². The summed E-state index contributed by atoms with van der Waals surface area (Å²) in [7, 11) is 0. The lowest BCUT2D eigenvalue weighted by Gasteiger charge is -2.18. The van der Waals surface area contributed by atoms with Crippen LogP contribution >= 0.6 is 0 Å². The molecule has 83 heavy (non-hydrogen) atoms. The van der Waals surface area contributed by atoms with Gasteiger partial charge in [0.1, 0.15) is 13.2 Å². The van der Waals surface area contributed by atoms with Crippen molar-refractivity contribution < 1.29 is 28.6 Å². The van der Waals surface area contributed by atoms with Gasteiger partial charge in [-0.15, -0.1) is 0 Å². The number of rotatable bonds is 59. The molecule has 466 valence electrons. The highest BCUT2D eigenvalue weighted by Crippen LogP contribution is 2.15. The van der Waals surface area contributed by atoms with E-state index in [1.807, 2.05) is 0 Å². The van der Waals surface area contributed by atoms with Crippen LogP contribution < -0.4 is 0 Å². The standard InChI is InChI=1S/C77H122O6/c1-4-7-10-13-16-19-22-25-27-29-31-33-35-37-38-40-41-43-45-47-49-52-55-58-61-64-67-70-76(79)82-73-74(72-81-75(78)69-66-63-60-57-54-51-24-21-18-15-12-9-6-3)83-77(80)71-68-65-62-59-56-53-50-48-46-44-42-39-36-34-32-30-28-26-23-20-17-14-11-8-5-2/h7-8,10-12,15-17,19-21,24-28,31-34,37-39,41-43,46,48,74H,4-6,9,13-14,18,22-23,29-30,35-36,40,44-45,47,49-73H2,1-3H3/b10-7-,11-8-,15-12-,19-16-,20-17-,24-21-,27-25-,28-26-,33-31-,34-32-,38-37-,42-39-,43-41-,48-46-. The largest absolute Gasteiger partial charge is 0.462 e. The van der Waals surface area contributed by atoms with Gasteiger partial charge < -0.3 is 14.2 Å². The van der Waals surface area contributed by atoms with E-state index >= 15 is 0 Å². The van der Waals surface area contributed by atoms with E-state index in [4.69, 9.17) is 14.2 Å². The number of ether oxygens (including phenoxy) is 3. The molecule has 6 heteroatoms. The number of hydrogen-bond acceptors (Lipinski definition) is 6. The number of esters is 3. The van der Waals surface area contributed by atoms with Crippen LogP contribution in [0.25, 0.3) is 0 Å². The topological polar surface area (TPSA) is 78.9 Å². The first kappa shape index (κ1) is 77.8. The van der Waals surface area contributed by atoms with Crippen LogP contribution in [-0.2, 0) is 28.6 Å². The van der Waals surface area contributed by atoms with E-state index in [2.05, 4.69) is 191 Å². The Bertz CT molecular complexity index is 1890. The van der Waals surface area contributed by atoms with E-state index < -0.39 is 6.10 Å². The molecular formula is C77H122O6. The third-order valence-corrected chi connectivity index (χ3v) is 13.7. The molecular weight excluding hydrogens is 1020 g/mol. The molecule has 0 saturated carbocycles. The molecule has 0 amide bonds. The number of hydrogen-bond donors (Lipinski definition) is 0. The van der Waals surface area contributed by atoms with Crippen LogP contribution in [-0.4, -0.2) is 37.2 Å². The van der Waals surface area contributed by atoms with Gasteiger partial charge in [0.25, 0.3) is 0 Å². The van der Waals surface area contributed by atoms with Gasteiger partial charge in [0.05, 0.1) is 0 Å².